The largest absolute Gasteiger partial charge is 0.459 e. The summed E-state index contributed by atoms with van der Waals surface area (Å²) in [5.74, 6) is -0.700. The van der Waals surface area contributed by atoms with Crippen molar-refractivity contribution in [3.05, 3.63) is 56.8 Å². The Bertz CT molecular complexity index is 867. The minimum atomic E-state index is -0.420. The highest BCUT2D eigenvalue weighted by Crippen LogP contribution is 2.44. The van der Waals surface area contributed by atoms with Gasteiger partial charge in [0.2, 0.25) is 0 Å². The van der Waals surface area contributed by atoms with Gasteiger partial charge in [0.25, 0.3) is 0 Å². The summed E-state index contributed by atoms with van der Waals surface area (Å²) in [4.78, 5) is 26.0. The molecule has 28 heavy (non-hydrogen) atoms. The number of carbonyl (C=O) groups excluding carboxylic acids is 2. The van der Waals surface area contributed by atoms with Gasteiger partial charge in [0, 0.05) is 40.4 Å². The first-order valence-corrected chi connectivity index (χ1v) is 10.6. The summed E-state index contributed by atoms with van der Waals surface area (Å²) in [7, 11) is 0. The van der Waals surface area contributed by atoms with Gasteiger partial charge >= 0.3 is 5.97 Å². The Hall–Kier alpha value is -1.92. The molecule has 0 amide bonds. The number of halogens is 1. The van der Waals surface area contributed by atoms with Crippen LogP contribution in [0, 0.1) is 0 Å². The van der Waals surface area contributed by atoms with Crippen LogP contribution in [0.5, 0.6) is 0 Å². The maximum Gasteiger partial charge on any atom is 0.336 e. The number of Topliss-reactive ketones (excluding diaryl/α,β-unsaturated/α-hetero) is 1. The third-order valence-corrected chi connectivity index (χ3v) is 6.36. The van der Waals surface area contributed by atoms with Crippen molar-refractivity contribution in [2.75, 3.05) is 13.2 Å². The number of rotatable bonds is 4. The van der Waals surface area contributed by atoms with Gasteiger partial charge < -0.3 is 14.8 Å². The topological polar surface area (TPSA) is 64.6 Å². The average molecular weight is 446 g/mol. The van der Waals surface area contributed by atoms with Gasteiger partial charge in [-0.2, -0.15) is 0 Å². The number of ether oxygens (including phenoxy) is 2. The maximum absolute atomic E-state index is 13.1. The summed E-state index contributed by atoms with van der Waals surface area (Å²) >= 11 is 3.61. The summed E-state index contributed by atoms with van der Waals surface area (Å²) < 4.78 is 12.1. The zero-order chi connectivity index (χ0) is 19.7. The number of ketones is 1. The fourth-order valence-electron chi connectivity index (χ4n) is 4.30. The molecule has 2 aliphatic heterocycles. The second-order valence-corrected chi connectivity index (χ2v) is 8.37. The zero-order valence-electron chi connectivity index (χ0n) is 15.9. The van der Waals surface area contributed by atoms with Crippen LogP contribution in [0.15, 0.2) is 51.3 Å². The number of esters is 1. The van der Waals surface area contributed by atoms with E-state index in [4.69, 9.17) is 9.47 Å². The van der Waals surface area contributed by atoms with E-state index in [2.05, 4.69) is 21.2 Å². The number of hydrogen-bond donors (Lipinski definition) is 1. The quantitative estimate of drug-likeness (QED) is 0.705. The van der Waals surface area contributed by atoms with E-state index in [1.165, 1.54) is 0 Å². The van der Waals surface area contributed by atoms with Crippen LogP contribution in [0.2, 0.25) is 0 Å². The monoisotopic (exact) mass is 445 g/mol. The fourth-order valence-corrected chi connectivity index (χ4v) is 4.81. The fraction of sp³-hybridized carbons (Fsp3) is 0.455. The van der Waals surface area contributed by atoms with Gasteiger partial charge in [-0.3, -0.25) is 4.79 Å². The van der Waals surface area contributed by atoms with Crippen molar-refractivity contribution in [1.29, 1.82) is 0 Å². The molecule has 4 rings (SSSR count). The highest BCUT2D eigenvalue weighted by atomic mass is 79.9. The SMILES string of the molecule is CC1=C(C(=O)OC[C@H]2CCCO2)[C@@H](c2ccccc2Br)C2=C(CCCC2=O)N1. The Labute approximate surface area is 173 Å². The first-order valence-electron chi connectivity index (χ1n) is 9.83. The lowest BCUT2D eigenvalue weighted by molar-refractivity contribution is -0.142. The molecule has 1 fully saturated rings. The zero-order valence-corrected chi connectivity index (χ0v) is 17.5. The summed E-state index contributed by atoms with van der Waals surface area (Å²) in [5.41, 5.74) is 3.82. The first kappa shape index (κ1) is 19.4. The molecule has 0 unspecified atom stereocenters. The lowest BCUT2D eigenvalue weighted by Gasteiger charge is -2.34. The summed E-state index contributed by atoms with van der Waals surface area (Å²) in [6, 6.07) is 7.77. The molecule has 1 aromatic carbocycles. The van der Waals surface area contributed by atoms with Gasteiger partial charge in [-0.05, 0) is 44.2 Å². The Morgan fingerprint density at radius 1 is 1.29 bits per heavy atom. The predicted molar refractivity (Wildman–Crippen MR) is 109 cm³/mol. The number of allylic oxidation sites excluding steroid dienone is 3. The summed E-state index contributed by atoms with van der Waals surface area (Å²) in [6.45, 7) is 2.85. The van der Waals surface area contributed by atoms with E-state index in [0.717, 1.165) is 53.7 Å². The maximum atomic E-state index is 13.1. The summed E-state index contributed by atoms with van der Waals surface area (Å²) in [5, 5.41) is 3.32. The van der Waals surface area contributed by atoms with E-state index in [0.29, 0.717) is 17.6 Å². The van der Waals surface area contributed by atoms with Crippen LogP contribution >= 0.6 is 15.9 Å². The van der Waals surface area contributed by atoms with E-state index in [1.54, 1.807) is 0 Å². The summed E-state index contributed by atoms with van der Waals surface area (Å²) in [6.07, 6.45) is 4.03. The van der Waals surface area contributed by atoms with Crippen LogP contribution in [0.3, 0.4) is 0 Å². The molecule has 1 N–H and O–H groups in total. The Morgan fingerprint density at radius 2 is 2.11 bits per heavy atom. The van der Waals surface area contributed by atoms with Crippen molar-refractivity contribution in [2.24, 2.45) is 0 Å². The second-order valence-electron chi connectivity index (χ2n) is 7.52. The van der Waals surface area contributed by atoms with Crippen molar-refractivity contribution < 1.29 is 19.1 Å². The third kappa shape index (κ3) is 3.67. The molecule has 1 aromatic rings. The molecular weight excluding hydrogens is 422 g/mol. The molecule has 1 aliphatic carbocycles. The molecule has 1 saturated heterocycles. The van der Waals surface area contributed by atoms with Crippen LogP contribution in [0.25, 0.3) is 0 Å². The van der Waals surface area contributed by atoms with Gasteiger partial charge in [0.1, 0.15) is 6.61 Å². The van der Waals surface area contributed by atoms with Gasteiger partial charge in [-0.25, -0.2) is 4.79 Å². The minimum Gasteiger partial charge on any atom is -0.459 e. The van der Waals surface area contributed by atoms with Gasteiger partial charge in [-0.1, -0.05) is 34.1 Å². The molecule has 5 nitrogen and oxygen atoms in total. The van der Waals surface area contributed by atoms with E-state index in [9.17, 15) is 9.59 Å². The molecular formula is C22H24BrNO4. The van der Waals surface area contributed by atoms with Crippen molar-refractivity contribution in [3.8, 4) is 0 Å². The van der Waals surface area contributed by atoms with Crippen molar-refractivity contribution in [2.45, 2.75) is 51.0 Å². The standard InChI is InChI=1S/C22H24BrNO4/c1-13-19(22(26)28-12-14-6-5-11-27-14)20(15-7-2-3-8-16(15)23)21-17(24-13)9-4-10-18(21)25/h2-3,7-8,14,20,24H,4-6,9-12H2,1H3/t14-,20-/m1/s1. The first-order chi connectivity index (χ1) is 13.6. The van der Waals surface area contributed by atoms with Crippen LogP contribution in [0.4, 0.5) is 0 Å². The molecule has 0 bridgehead atoms. The molecule has 0 aromatic heterocycles. The molecule has 0 radical (unpaired) electrons. The second kappa shape index (κ2) is 8.21. The van der Waals surface area contributed by atoms with Gasteiger partial charge in [0.15, 0.2) is 5.78 Å². The molecule has 0 saturated carbocycles. The average Bonchev–Trinajstić information content (AvgIpc) is 3.19. The molecule has 2 heterocycles. The number of carbonyl (C=O) groups is 2. The molecule has 3 aliphatic rings. The number of hydrogen-bond acceptors (Lipinski definition) is 5. The van der Waals surface area contributed by atoms with E-state index in [1.807, 2.05) is 31.2 Å². The van der Waals surface area contributed by atoms with E-state index in [-0.39, 0.29) is 24.5 Å². The van der Waals surface area contributed by atoms with Crippen molar-refractivity contribution in [1.82, 2.24) is 5.32 Å². The number of benzene rings is 1. The lowest BCUT2D eigenvalue weighted by atomic mass is 9.75. The molecule has 2 atom stereocenters. The molecule has 6 heteroatoms. The third-order valence-electron chi connectivity index (χ3n) is 5.64. The lowest BCUT2D eigenvalue weighted by Crippen LogP contribution is -2.35. The highest BCUT2D eigenvalue weighted by molar-refractivity contribution is 9.10. The normalized spacial score (nSPS) is 24.9. The van der Waals surface area contributed by atoms with Gasteiger partial charge in [-0.15, -0.1) is 0 Å². The predicted octanol–water partition coefficient (Wildman–Crippen LogP) is 4.14. The van der Waals surface area contributed by atoms with Crippen LogP contribution < -0.4 is 5.32 Å². The molecule has 0 spiro atoms. The Kier molecular flexibility index (Phi) is 5.69. The van der Waals surface area contributed by atoms with Crippen molar-refractivity contribution in [3.63, 3.8) is 0 Å². The van der Waals surface area contributed by atoms with E-state index >= 15 is 0 Å². The van der Waals surface area contributed by atoms with Crippen LogP contribution in [0.1, 0.15) is 50.5 Å². The Morgan fingerprint density at radius 3 is 2.86 bits per heavy atom. The van der Waals surface area contributed by atoms with Crippen LogP contribution in [-0.2, 0) is 19.1 Å². The highest BCUT2D eigenvalue weighted by Gasteiger charge is 2.40. The number of nitrogens with one attached hydrogen (secondary N) is 1. The van der Waals surface area contributed by atoms with Crippen LogP contribution in [-0.4, -0.2) is 31.1 Å². The Balaban J connectivity index is 1.71. The van der Waals surface area contributed by atoms with Crippen molar-refractivity contribution >= 4 is 27.7 Å². The smallest absolute Gasteiger partial charge is 0.336 e. The minimum absolute atomic E-state index is 0.0330. The van der Waals surface area contributed by atoms with E-state index < -0.39 is 5.92 Å². The number of dihydropyridines is 1. The van der Waals surface area contributed by atoms with Gasteiger partial charge in [0.05, 0.1) is 11.7 Å². The molecule has 148 valence electrons.